The molecule has 0 atom stereocenters. The molecule has 2 aromatic rings. The van der Waals surface area contributed by atoms with Crippen molar-refractivity contribution in [2.75, 3.05) is 50.7 Å². The van der Waals surface area contributed by atoms with E-state index >= 15 is 0 Å². The summed E-state index contributed by atoms with van der Waals surface area (Å²) in [4.78, 5) is 30.1. The molecule has 10 heteroatoms. The minimum atomic E-state index is 0. The third-order valence-electron chi connectivity index (χ3n) is 4.89. The number of guanidine groups is 1. The van der Waals surface area contributed by atoms with Crippen molar-refractivity contribution in [2.45, 2.75) is 26.7 Å². The first kappa shape index (κ1) is 25.3. The maximum atomic E-state index is 12.6. The van der Waals surface area contributed by atoms with Crippen molar-refractivity contribution in [1.29, 1.82) is 0 Å². The molecule has 2 aromatic heterocycles. The van der Waals surface area contributed by atoms with Gasteiger partial charge in [0.25, 0.3) is 0 Å². The SMILES string of the molecule is CCNC(=NCCC(=O)N1CCN(c2ccccn2)CC1)NCCc1csc(C)n1.I. The zero-order chi connectivity index (χ0) is 21.2. The molecule has 0 saturated carbocycles. The van der Waals surface area contributed by atoms with Crippen LogP contribution in [0, 0.1) is 6.92 Å². The Morgan fingerprint density at radius 3 is 2.68 bits per heavy atom. The number of carbonyl (C=O) groups excluding carboxylic acids is 1. The fourth-order valence-electron chi connectivity index (χ4n) is 3.32. The van der Waals surface area contributed by atoms with E-state index in [1.807, 2.05) is 36.9 Å². The van der Waals surface area contributed by atoms with Crippen molar-refractivity contribution in [3.8, 4) is 0 Å². The monoisotopic (exact) mass is 557 g/mol. The highest BCUT2D eigenvalue weighted by Gasteiger charge is 2.21. The zero-order valence-corrected chi connectivity index (χ0v) is 21.4. The van der Waals surface area contributed by atoms with Gasteiger partial charge in [0.05, 0.1) is 17.2 Å². The van der Waals surface area contributed by atoms with Crippen LogP contribution in [0.3, 0.4) is 0 Å². The van der Waals surface area contributed by atoms with Crippen LogP contribution in [0.15, 0.2) is 34.8 Å². The number of aromatic nitrogens is 2. The summed E-state index contributed by atoms with van der Waals surface area (Å²) in [5, 5.41) is 9.73. The molecule has 0 aliphatic carbocycles. The van der Waals surface area contributed by atoms with E-state index < -0.39 is 0 Å². The molecule has 2 N–H and O–H groups in total. The lowest BCUT2D eigenvalue weighted by molar-refractivity contribution is -0.131. The molecule has 0 spiro atoms. The van der Waals surface area contributed by atoms with E-state index in [0.29, 0.717) is 13.0 Å². The van der Waals surface area contributed by atoms with Gasteiger partial charge < -0.3 is 20.4 Å². The Bertz CT molecular complexity index is 822. The van der Waals surface area contributed by atoms with Crippen molar-refractivity contribution in [3.05, 3.63) is 40.5 Å². The number of aliphatic imine (C=N–C) groups is 1. The van der Waals surface area contributed by atoms with Gasteiger partial charge in [0, 0.05) is 63.7 Å². The quantitative estimate of drug-likeness (QED) is 0.295. The molecule has 0 bridgehead atoms. The highest BCUT2D eigenvalue weighted by molar-refractivity contribution is 14.0. The minimum Gasteiger partial charge on any atom is -0.357 e. The van der Waals surface area contributed by atoms with Crippen LogP contribution in [0.2, 0.25) is 0 Å². The van der Waals surface area contributed by atoms with Gasteiger partial charge in [-0.2, -0.15) is 0 Å². The second kappa shape index (κ2) is 13.5. The lowest BCUT2D eigenvalue weighted by Gasteiger charge is -2.35. The lowest BCUT2D eigenvalue weighted by atomic mass is 10.2. The molecule has 0 aromatic carbocycles. The number of hydrogen-bond donors (Lipinski definition) is 2. The standard InChI is InChI=1S/C21H31N7OS.HI/c1-3-22-21(24-10-7-18-16-30-17(2)26-18)25-11-8-20(29)28-14-12-27(13-15-28)19-6-4-5-9-23-19;/h4-6,9,16H,3,7-8,10-15H2,1-2H3,(H2,22,24,25);1H. The van der Waals surface area contributed by atoms with Crippen LogP contribution < -0.4 is 15.5 Å². The fraction of sp³-hybridized carbons (Fsp3) is 0.524. The van der Waals surface area contributed by atoms with Crippen LogP contribution in [0.5, 0.6) is 0 Å². The number of nitrogens with zero attached hydrogens (tertiary/aromatic N) is 5. The summed E-state index contributed by atoms with van der Waals surface area (Å²) in [5.41, 5.74) is 1.10. The van der Waals surface area contributed by atoms with Gasteiger partial charge in [0.1, 0.15) is 5.82 Å². The van der Waals surface area contributed by atoms with Gasteiger partial charge in [0.15, 0.2) is 5.96 Å². The lowest BCUT2D eigenvalue weighted by Crippen LogP contribution is -2.49. The molecule has 1 fully saturated rings. The maximum absolute atomic E-state index is 12.6. The first-order valence-corrected chi connectivity index (χ1v) is 11.4. The van der Waals surface area contributed by atoms with Crippen LogP contribution >= 0.6 is 35.3 Å². The highest BCUT2D eigenvalue weighted by Crippen LogP contribution is 2.13. The Morgan fingerprint density at radius 1 is 1.23 bits per heavy atom. The van der Waals surface area contributed by atoms with Crippen molar-refractivity contribution in [2.24, 2.45) is 4.99 Å². The Kier molecular flexibility index (Phi) is 11.0. The van der Waals surface area contributed by atoms with Crippen LogP contribution in [0.25, 0.3) is 0 Å². The summed E-state index contributed by atoms with van der Waals surface area (Å²) in [5.74, 6) is 1.88. The van der Waals surface area contributed by atoms with Crippen LogP contribution in [0.1, 0.15) is 24.0 Å². The minimum absolute atomic E-state index is 0. The second-order valence-corrected chi connectivity index (χ2v) is 8.16. The Labute approximate surface area is 205 Å². The van der Waals surface area contributed by atoms with E-state index in [1.54, 1.807) is 17.5 Å². The number of hydrogen-bond acceptors (Lipinski definition) is 6. The number of amides is 1. The molecule has 8 nitrogen and oxygen atoms in total. The van der Waals surface area contributed by atoms with Crippen molar-refractivity contribution in [3.63, 3.8) is 0 Å². The molecule has 1 saturated heterocycles. The maximum Gasteiger partial charge on any atom is 0.224 e. The normalized spacial score (nSPS) is 14.2. The predicted octanol–water partition coefficient (Wildman–Crippen LogP) is 2.30. The summed E-state index contributed by atoms with van der Waals surface area (Å²) in [6.07, 6.45) is 3.08. The molecular formula is C21H32IN7OS. The molecule has 1 amide bonds. The van der Waals surface area contributed by atoms with Gasteiger partial charge in [-0.3, -0.25) is 9.79 Å². The van der Waals surface area contributed by atoms with Crippen molar-refractivity contribution < 1.29 is 4.79 Å². The number of anilines is 1. The van der Waals surface area contributed by atoms with Gasteiger partial charge in [-0.1, -0.05) is 6.07 Å². The molecule has 170 valence electrons. The molecule has 0 radical (unpaired) electrons. The van der Waals surface area contributed by atoms with Crippen molar-refractivity contribution >= 4 is 53.0 Å². The molecule has 3 heterocycles. The predicted molar refractivity (Wildman–Crippen MR) is 138 cm³/mol. The van der Waals surface area contributed by atoms with Gasteiger partial charge in [-0.05, 0) is 26.0 Å². The first-order valence-electron chi connectivity index (χ1n) is 10.5. The van der Waals surface area contributed by atoms with Crippen LogP contribution in [-0.4, -0.2) is 72.5 Å². The Balaban J connectivity index is 0.00000341. The average Bonchev–Trinajstić information content (AvgIpc) is 3.19. The summed E-state index contributed by atoms with van der Waals surface area (Å²) in [6.45, 7) is 9.15. The van der Waals surface area contributed by atoms with E-state index in [0.717, 1.165) is 68.2 Å². The Hall–Kier alpha value is -1.95. The molecule has 31 heavy (non-hydrogen) atoms. The summed E-state index contributed by atoms with van der Waals surface area (Å²) in [7, 11) is 0. The average molecular weight is 558 g/mol. The summed E-state index contributed by atoms with van der Waals surface area (Å²) in [6, 6.07) is 5.92. The zero-order valence-electron chi connectivity index (χ0n) is 18.2. The third kappa shape index (κ3) is 8.24. The number of rotatable bonds is 8. The Morgan fingerprint density at radius 2 is 2.03 bits per heavy atom. The highest BCUT2D eigenvalue weighted by atomic mass is 127. The van der Waals surface area contributed by atoms with E-state index in [-0.39, 0.29) is 29.9 Å². The first-order chi connectivity index (χ1) is 14.7. The summed E-state index contributed by atoms with van der Waals surface area (Å²) >= 11 is 1.67. The fourth-order valence-corrected chi connectivity index (χ4v) is 3.97. The molecule has 1 aliphatic heterocycles. The topological polar surface area (TPSA) is 85.8 Å². The number of aryl methyl sites for hydroxylation is 1. The van der Waals surface area contributed by atoms with Crippen molar-refractivity contribution in [1.82, 2.24) is 25.5 Å². The van der Waals surface area contributed by atoms with Gasteiger partial charge in [-0.25, -0.2) is 9.97 Å². The third-order valence-corrected chi connectivity index (χ3v) is 5.71. The summed E-state index contributed by atoms with van der Waals surface area (Å²) < 4.78 is 0. The van der Waals surface area contributed by atoms with Crippen LogP contribution in [0.4, 0.5) is 5.82 Å². The molecule has 0 unspecified atom stereocenters. The second-order valence-electron chi connectivity index (χ2n) is 7.10. The molecular weight excluding hydrogens is 525 g/mol. The van der Waals surface area contributed by atoms with Gasteiger partial charge in [-0.15, -0.1) is 35.3 Å². The van der Waals surface area contributed by atoms with Gasteiger partial charge in [0.2, 0.25) is 5.91 Å². The van der Waals surface area contributed by atoms with E-state index in [1.165, 1.54) is 0 Å². The number of halogens is 1. The van der Waals surface area contributed by atoms with E-state index in [9.17, 15) is 4.79 Å². The number of thiazole rings is 1. The number of nitrogens with one attached hydrogen (secondary N) is 2. The number of pyridine rings is 1. The molecule has 3 rings (SSSR count). The van der Waals surface area contributed by atoms with E-state index in [4.69, 9.17) is 0 Å². The van der Waals surface area contributed by atoms with E-state index in [2.05, 4.69) is 35.9 Å². The number of carbonyl (C=O) groups is 1. The number of piperazine rings is 1. The van der Waals surface area contributed by atoms with Gasteiger partial charge >= 0.3 is 0 Å². The molecule has 1 aliphatic rings. The smallest absolute Gasteiger partial charge is 0.224 e. The van der Waals surface area contributed by atoms with Crippen LogP contribution in [-0.2, 0) is 11.2 Å². The largest absolute Gasteiger partial charge is 0.357 e.